The van der Waals surface area contributed by atoms with Gasteiger partial charge in [-0.25, -0.2) is 4.98 Å². The van der Waals surface area contributed by atoms with Gasteiger partial charge in [0.15, 0.2) is 17.0 Å². The summed E-state index contributed by atoms with van der Waals surface area (Å²) in [5, 5.41) is 7.15. The molecule has 0 bridgehead atoms. The molecule has 0 unspecified atom stereocenters. The van der Waals surface area contributed by atoms with E-state index in [1.807, 2.05) is 6.33 Å². The normalized spacial score (nSPS) is 24.3. The molecule has 1 saturated heterocycles. The lowest BCUT2D eigenvalue weighted by Gasteiger charge is -2.27. The molecule has 3 fully saturated rings. The summed E-state index contributed by atoms with van der Waals surface area (Å²) in [6.45, 7) is 5.44. The minimum Gasteiger partial charge on any atom is -0.379 e. The molecule has 2 aromatic rings. The molecular formula is C22H38Cl2N8O. The van der Waals surface area contributed by atoms with E-state index in [0.717, 1.165) is 82.1 Å². The Morgan fingerprint density at radius 2 is 1.73 bits per heavy atom. The van der Waals surface area contributed by atoms with Crippen molar-refractivity contribution in [3.8, 4) is 0 Å². The molecule has 186 valence electrons. The predicted octanol–water partition coefficient (Wildman–Crippen LogP) is 3.21. The van der Waals surface area contributed by atoms with Crippen molar-refractivity contribution in [1.29, 1.82) is 0 Å². The molecule has 0 radical (unpaired) electrons. The second-order valence-corrected chi connectivity index (χ2v) is 9.29. The Kier molecular flexibility index (Phi) is 9.81. The Balaban J connectivity index is 0.00000153. The summed E-state index contributed by atoms with van der Waals surface area (Å²) in [4.78, 5) is 16.9. The predicted molar refractivity (Wildman–Crippen MR) is 137 cm³/mol. The first-order valence-corrected chi connectivity index (χ1v) is 12.1. The summed E-state index contributed by atoms with van der Waals surface area (Å²) < 4.78 is 7.73. The second kappa shape index (κ2) is 12.4. The number of anilines is 2. The lowest BCUT2D eigenvalue weighted by atomic mass is 9.92. The average molecular weight is 502 g/mol. The van der Waals surface area contributed by atoms with Crippen LogP contribution in [0.1, 0.15) is 57.4 Å². The van der Waals surface area contributed by atoms with Crippen LogP contribution in [0.25, 0.3) is 11.2 Å². The molecule has 11 heteroatoms. The van der Waals surface area contributed by atoms with Gasteiger partial charge in [0.05, 0.1) is 19.5 Å². The third-order valence-electron chi connectivity index (χ3n) is 7.07. The molecule has 0 amide bonds. The lowest BCUT2D eigenvalue weighted by molar-refractivity contribution is 0.0398. The molecule has 0 spiro atoms. The van der Waals surface area contributed by atoms with Gasteiger partial charge in [-0.1, -0.05) is 12.8 Å². The number of morpholine rings is 1. The number of fused-ring (bicyclic) bond motifs is 1. The van der Waals surface area contributed by atoms with Crippen LogP contribution in [0.3, 0.4) is 0 Å². The quantitative estimate of drug-likeness (QED) is 0.531. The monoisotopic (exact) mass is 500 g/mol. The maximum Gasteiger partial charge on any atom is 0.227 e. The van der Waals surface area contributed by atoms with Crippen molar-refractivity contribution in [1.82, 2.24) is 24.4 Å². The minimum atomic E-state index is 0. The van der Waals surface area contributed by atoms with E-state index in [-0.39, 0.29) is 24.8 Å². The van der Waals surface area contributed by atoms with Crippen LogP contribution in [-0.4, -0.2) is 75.9 Å². The van der Waals surface area contributed by atoms with Crippen molar-refractivity contribution < 1.29 is 4.74 Å². The Morgan fingerprint density at radius 1 is 1.00 bits per heavy atom. The first kappa shape index (κ1) is 26.2. The summed E-state index contributed by atoms with van der Waals surface area (Å²) in [5.41, 5.74) is 7.92. The molecule has 9 nitrogen and oxygen atoms in total. The van der Waals surface area contributed by atoms with Gasteiger partial charge >= 0.3 is 0 Å². The SMILES string of the molecule is Cl.Cl.NC1CCC(Nc2nc(NCCN3CCOCC3)c3ncn(C4CCCC4)c3n2)CC1. The Bertz CT molecular complexity index is 861. The zero-order chi connectivity index (χ0) is 21.0. The molecule has 2 aromatic heterocycles. The van der Waals surface area contributed by atoms with Crippen molar-refractivity contribution in [2.45, 2.75) is 69.5 Å². The minimum absolute atomic E-state index is 0. The number of rotatable bonds is 7. The van der Waals surface area contributed by atoms with E-state index < -0.39 is 0 Å². The zero-order valence-corrected chi connectivity index (χ0v) is 20.9. The second-order valence-electron chi connectivity index (χ2n) is 9.29. The van der Waals surface area contributed by atoms with Crippen LogP contribution in [0.4, 0.5) is 11.8 Å². The first-order valence-electron chi connectivity index (χ1n) is 12.1. The highest BCUT2D eigenvalue weighted by atomic mass is 35.5. The number of nitrogens with one attached hydrogen (secondary N) is 2. The summed E-state index contributed by atoms with van der Waals surface area (Å²) in [6.07, 6.45) is 11.2. The summed E-state index contributed by atoms with van der Waals surface area (Å²) >= 11 is 0. The number of nitrogens with two attached hydrogens (primary N) is 1. The molecule has 2 aliphatic carbocycles. The number of hydrogen-bond acceptors (Lipinski definition) is 8. The molecule has 3 heterocycles. The van der Waals surface area contributed by atoms with Crippen molar-refractivity contribution in [3.63, 3.8) is 0 Å². The highest BCUT2D eigenvalue weighted by Gasteiger charge is 2.24. The number of halogens is 2. The van der Waals surface area contributed by atoms with E-state index in [1.54, 1.807) is 0 Å². The topological polar surface area (TPSA) is 106 Å². The fraction of sp³-hybridized carbons (Fsp3) is 0.773. The van der Waals surface area contributed by atoms with Gasteiger partial charge in [-0.05, 0) is 38.5 Å². The van der Waals surface area contributed by atoms with Crippen LogP contribution in [0.2, 0.25) is 0 Å². The first-order chi connectivity index (χ1) is 15.3. The fourth-order valence-electron chi connectivity index (χ4n) is 5.16. The number of imidazole rings is 1. The number of hydrogen-bond donors (Lipinski definition) is 3. The standard InChI is InChI=1S/C22H36N8O.2ClH/c23-16-5-7-17(8-6-16)26-22-27-20(24-9-10-29-11-13-31-14-12-29)19-21(28-22)30(15-25-19)18-3-1-2-4-18;;/h15-18H,1-14,23H2,(H2,24,26,27,28);2*1H. The molecule has 33 heavy (non-hydrogen) atoms. The maximum absolute atomic E-state index is 6.09. The van der Waals surface area contributed by atoms with Crippen molar-refractivity contribution in [3.05, 3.63) is 6.33 Å². The van der Waals surface area contributed by atoms with Gasteiger partial charge in [-0.15, -0.1) is 24.8 Å². The zero-order valence-electron chi connectivity index (χ0n) is 19.2. The third kappa shape index (κ3) is 6.39. The Hall–Kier alpha value is -1.39. The molecule has 4 N–H and O–H groups in total. The van der Waals surface area contributed by atoms with Gasteiger partial charge in [0, 0.05) is 44.3 Å². The van der Waals surface area contributed by atoms with Gasteiger partial charge in [0.1, 0.15) is 0 Å². The molecule has 3 aliphatic rings. The number of aromatic nitrogens is 4. The lowest BCUT2D eigenvalue weighted by Crippen LogP contribution is -2.39. The molecule has 0 aromatic carbocycles. The van der Waals surface area contributed by atoms with Gasteiger partial charge < -0.3 is 25.7 Å². The van der Waals surface area contributed by atoms with Crippen LogP contribution < -0.4 is 16.4 Å². The van der Waals surface area contributed by atoms with E-state index >= 15 is 0 Å². The molecular weight excluding hydrogens is 463 g/mol. The fourth-order valence-corrected chi connectivity index (χ4v) is 5.16. The van der Waals surface area contributed by atoms with E-state index in [9.17, 15) is 0 Å². The summed E-state index contributed by atoms with van der Waals surface area (Å²) in [5.74, 6) is 1.55. The number of ether oxygens (including phenoxy) is 1. The van der Waals surface area contributed by atoms with E-state index in [1.165, 1.54) is 25.7 Å². The third-order valence-corrected chi connectivity index (χ3v) is 7.07. The molecule has 1 aliphatic heterocycles. The Labute approximate surface area is 208 Å². The van der Waals surface area contributed by atoms with E-state index in [2.05, 4.69) is 20.1 Å². The smallest absolute Gasteiger partial charge is 0.227 e. The van der Waals surface area contributed by atoms with E-state index in [0.29, 0.717) is 24.1 Å². The maximum atomic E-state index is 6.09. The van der Waals surface area contributed by atoms with Gasteiger partial charge in [0.2, 0.25) is 5.95 Å². The average Bonchev–Trinajstić information content (AvgIpc) is 3.46. The van der Waals surface area contributed by atoms with Crippen LogP contribution in [0, 0.1) is 0 Å². The van der Waals surface area contributed by atoms with Crippen LogP contribution >= 0.6 is 24.8 Å². The summed E-state index contributed by atoms with van der Waals surface area (Å²) in [7, 11) is 0. The van der Waals surface area contributed by atoms with Gasteiger partial charge in [-0.3, -0.25) is 4.90 Å². The van der Waals surface area contributed by atoms with Crippen LogP contribution in [0.15, 0.2) is 6.33 Å². The molecule has 0 atom stereocenters. The highest BCUT2D eigenvalue weighted by Crippen LogP contribution is 2.33. The van der Waals surface area contributed by atoms with Gasteiger partial charge in [-0.2, -0.15) is 9.97 Å². The van der Waals surface area contributed by atoms with Crippen LogP contribution in [-0.2, 0) is 4.74 Å². The summed E-state index contributed by atoms with van der Waals surface area (Å²) in [6, 6.07) is 1.23. The molecule has 2 saturated carbocycles. The van der Waals surface area contributed by atoms with E-state index in [4.69, 9.17) is 25.4 Å². The largest absolute Gasteiger partial charge is 0.379 e. The highest BCUT2D eigenvalue weighted by molar-refractivity contribution is 5.86. The number of nitrogens with zero attached hydrogens (tertiary/aromatic N) is 5. The Morgan fingerprint density at radius 3 is 2.45 bits per heavy atom. The molecule has 5 rings (SSSR count). The van der Waals surface area contributed by atoms with Crippen LogP contribution in [0.5, 0.6) is 0 Å². The van der Waals surface area contributed by atoms with Crippen molar-refractivity contribution in [2.75, 3.05) is 50.0 Å². The van der Waals surface area contributed by atoms with Gasteiger partial charge in [0.25, 0.3) is 0 Å². The van der Waals surface area contributed by atoms with Crippen molar-refractivity contribution in [2.24, 2.45) is 5.73 Å². The van der Waals surface area contributed by atoms with Crippen molar-refractivity contribution >= 4 is 47.7 Å².